The van der Waals surface area contributed by atoms with E-state index in [1.807, 2.05) is 27.7 Å². The fourth-order valence-electron chi connectivity index (χ4n) is 4.30. The quantitative estimate of drug-likeness (QED) is 0.299. The summed E-state index contributed by atoms with van der Waals surface area (Å²) in [4.78, 5) is 23.1. The van der Waals surface area contributed by atoms with Crippen molar-refractivity contribution in [3.63, 3.8) is 0 Å². The summed E-state index contributed by atoms with van der Waals surface area (Å²) in [5.74, 6) is 0.610. The first-order valence-corrected chi connectivity index (χ1v) is 13.1. The van der Waals surface area contributed by atoms with Crippen molar-refractivity contribution in [2.45, 2.75) is 86.0 Å². The Hall–Kier alpha value is -2.96. The maximum absolute atomic E-state index is 14.2. The number of pyridine rings is 1. The van der Waals surface area contributed by atoms with Gasteiger partial charge in [-0.25, -0.2) is 14.2 Å². The molecule has 0 spiro atoms. The molecule has 3 rings (SSSR count). The van der Waals surface area contributed by atoms with Gasteiger partial charge in [-0.1, -0.05) is 60.8 Å². The van der Waals surface area contributed by atoms with Gasteiger partial charge >= 0.3 is 6.03 Å². The average molecular weight is 486 g/mol. The van der Waals surface area contributed by atoms with Gasteiger partial charge in [-0.3, -0.25) is 9.89 Å². The number of aliphatic imine (C=N–C) groups is 1. The Morgan fingerprint density at radius 1 is 1.23 bits per heavy atom. The van der Waals surface area contributed by atoms with Crippen molar-refractivity contribution in [2.75, 3.05) is 29.5 Å². The maximum atomic E-state index is 14.2. The van der Waals surface area contributed by atoms with Crippen LogP contribution in [-0.2, 0) is 6.42 Å². The van der Waals surface area contributed by atoms with Gasteiger partial charge in [0.15, 0.2) is 0 Å². The topological polar surface area (TPSA) is 83.6 Å². The standard InChI is InChI=1S/C24H32FN5O.2C2H6/c1-4-6-8-16(7-5-2)19-9-11-28-23-20(19)10-12-30(23)24(31)29-18-13-17(15-27-3)22(26)21(25)14-18;2*1-2/h9,11,13-16H,4-8,10,12,26H2,1-3H3,(H,29,31);2*1-2H3. The van der Waals surface area contributed by atoms with Gasteiger partial charge in [0.1, 0.15) is 11.6 Å². The molecule has 2 heterocycles. The molecule has 1 atom stereocenters. The van der Waals surface area contributed by atoms with Crippen LogP contribution in [0.3, 0.4) is 0 Å². The summed E-state index contributed by atoms with van der Waals surface area (Å²) in [5.41, 5.74) is 9.01. The van der Waals surface area contributed by atoms with Gasteiger partial charge in [0.2, 0.25) is 0 Å². The minimum Gasteiger partial charge on any atom is -0.396 e. The molecule has 0 saturated carbocycles. The molecule has 6 nitrogen and oxygen atoms in total. The zero-order valence-electron chi connectivity index (χ0n) is 22.6. The number of halogens is 1. The normalized spacial score (nSPS) is 12.9. The van der Waals surface area contributed by atoms with Crippen molar-refractivity contribution in [2.24, 2.45) is 4.99 Å². The number of unbranched alkanes of at least 4 members (excludes halogenated alkanes) is 1. The predicted octanol–water partition coefficient (Wildman–Crippen LogP) is 7.57. The van der Waals surface area contributed by atoms with Crippen LogP contribution in [0.2, 0.25) is 0 Å². The molecule has 1 aromatic heterocycles. The number of urea groups is 1. The van der Waals surface area contributed by atoms with Gasteiger partial charge in [0.25, 0.3) is 0 Å². The monoisotopic (exact) mass is 485 g/mol. The fourth-order valence-corrected chi connectivity index (χ4v) is 4.30. The average Bonchev–Trinajstić information content (AvgIpc) is 3.32. The number of nitrogen functional groups attached to an aromatic ring is 1. The molecule has 0 saturated heterocycles. The van der Waals surface area contributed by atoms with E-state index in [1.54, 1.807) is 24.2 Å². The van der Waals surface area contributed by atoms with Crippen LogP contribution >= 0.6 is 0 Å². The summed E-state index contributed by atoms with van der Waals surface area (Å²) in [6.45, 7) is 13.0. The molecule has 194 valence electrons. The summed E-state index contributed by atoms with van der Waals surface area (Å²) in [7, 11) is 1.58. The lowest BCUT2D eigenvalue weighted by atomic mass is 9.87. The molecular weight excluding hydrogens is 441 g/mol. The molecule has 35 heavy (non-hydrogen) atoms. The molecule has 3 N–H and O–H groups in total. The van der Waals surface area contributed by atoms with E-state index in [0.29, 0.717) is 29.5 Å². The van der Waals surface area contributed by atoms with Crippen molar-refractivity contribution >= 4 is 29.4 Å². The highest BCUT2D eigenvalue weighted by Crippen LogP contribution is 2.36. The van der Waals surface area contributed by atoms with E-state index in [4.69, 9.17) is 5.73 Å². The third-order valence-corrected chi connectivity index (χ3v) is 5.82. The molecule has 2 aromatic rings. The van der Waals surface area contributed by atoms with Crippen LogP contribution in [0.4, 0.5) is 26.4 Å². The van der Waals surface area contributed by atoms with Crippen LogP contribution in [0.25, 0.3) is 0 Å². The van der Waals surface area contributed by atoms with Gasteiger partial charge < -0.3 is 11.1 Å². The van der Waals surface area contributed by atoms with Crippen LogP contribution < -0.4 is 16.0 Å². The molecular formula is C28H44FN5O. The lowest BCUT2D eigenvalue weighted by molar-refractivity contribution is 0.257. The van der Waals surface area contributed by atoms with E-state index >= 15 is 0 Å². The highest BCUT2D eigenvalue weighted by atomic mass is 19.1. The van der Waals surface area contributed by atoms with E-state index in [-0.39, 0.29) is 11.7 Å². The Kier molecular flexibility index (Phi) is 13.6. The number of hydrogen-bond acceptors (Lipinski definition) is 4. The molecule has 2 amide bonds. The molecule has 0 fully saturated rings. The number of anilines is 3. The van der Waals surface area contributed by atoms with Gasteiger partial charge in [0, 0.05) is 42.8 Å². The predicted molar refractivity (Wildman–Crippen MR) is 149 cm³/mol. The Morgan fingerprint density at radius 3 is 2.57 bits per heavy atom. The summed E-state index contributed by atoms with van der Waals surface area (Å²) in [6, 6.07) is 4.63. The number of carbonyl (C=O) groups is 1. The van der Waals surface area contributed by atoms with E-state index < -0.39 is 5.82 Å². The van der Waals surface area contributed by atoms with Crippen LogP contribution in [0, 0.1) is 5.82 Å². The second-order valence-electron chi connectivity index (χ2n) is 8.01. The van der Waals surface area contributed by atoms with Crippen molar-refractivity contribution in [1.82, 2.24) is 4.98 Å². The summed E-state index contributed by atoms with van der Waals surface area (Å²) in [6.07, 6.45) is 9.83. The van der Waals surface area contributed by atoms with Crippen molar-refractivity contribution < 1.29 is 9.18 Å². The Morgan fingerprint density at radius 2 is 1.94 bits per heavy atom. The first-order valence-electron chi connectivity index (χ1n) is 13.1. The zero-order valence-corrected chi connectivity index (χ0v) is 22.6. The molecule has 7 heteroatoms. The van der Waals surface area contributed by atoms with Gasteiger partial charge in [-0.15, -0.1) is 0 Å². The zero-order chi connectivity index (χ0) is 26.4. The molecule has 1 aromatic carbocycles. The first kappa shape index (κ1) is 30.1. The third kappa shape index (κ3) is 7.77. The van der Waals surface area contributed by atoms with E-state index in [0.717, 1.165) is 31.2 Å². The largest absolute Gasteiger partial charge is 0.396 e. The number of amides is 2. The molecule has 0 aliphatic carbocycles. The molecule has 1 aliphatic rings. The third-order valence-electron chi connectivity index (χ3n) is 5.82. The molecule has 0 bridgehead atoms. The van der Waals surface area contributed by atoms with E-state index in [2.05, 4.69) is 35.2 Å². The van der Waals surface area contributed by atoms with E-state index in [1.165, 1.54) is 30.7 Å². The van der Waals surface area contributed by atoms with Crippen LogP contribution in [0.15, 0.2) is 29.4 Å². The lowest BCUT2D eigenvalue weighted by Crippen LogP contribution is -2.34. The number of benzene rings is 1. The van der Waals surface area contributed by atoms with Crippen molar-refractivity contribution in [3.05, 3.63) is 46.9 Å². The second kappa shape index (κ2) is 15.8. The number of hydrogen-bond donors (Lipinski definition) is 2. The SMILES string of the molecule is CC.CC.CCCCC(CCC)c1ccnc2c1CCN2C(=O)Nc1cc(F)c(N)c(C=NC)c1. The van der Waals surface area contributed by atoms with Crippen LogP contribution in [-0.4, -0.2) is 30.8 Å². The molecule has 0 radical (unpaired) electrons. The number of nitrogens with one attached hydrogen (secondary N) is 1. The summed E-state index contributed by atoms with van der Waals surface area (Å²) >= 11 is 0. The first-order chi connectivity index (χ1) is 17.0. The fraction of sp³-hybridized carbons (Fsp3) is 0.536. The van der Waals surface area contributed by atoms with Gasteiger partial charge in [-0.2, -0.15) is 0 Å². The number of fused-ring (bicyclic) bond motifs is 1. The number of rotatable bonds is 8. The van der Waals surface area contributed by atoms with Gasteiger partial charge in [0.05, 0.1) is 5.69 Å². The number of aromatic nitrogens is 1. The Labute approximate surface area is 211 Å². The maximum Gasteiger partial charge on any atom is 0.327 e. The molecule has 1 aliphatic heterocycles. The minimum atomic E-state index is -0.590. The minimum absolute atomic E-state index is 0.00970. The summed E-state index contributed by atoms with van der Waals surface area (Å²) in [5, 5.41) is 2.79. The summed E-state index contributed by atoms with van der Waals surface area (Å²) < 4.78 is 14.2. The second-order valence-corrected chi connectivity index (χ2v) is 8.01. The van der Waals surface area contributed by atoms with Crippen LogP contribution in [0.5, 0.6) is 0 Å². The number of nitrogens with zero attached hydrogens (tertiary/aromatic N) is 3. The molecule has 1 unspecified atom stereocenters. The highest BCUT2D eigenvalue weighted by molar-refractivity contribution is 6.03. The Bertz CT molecular complexity index is 961. The Balaban J connectivity index is 0.00000145. The van der Waals surface area contributed by atoms with Gasteiger partial charge in [-0.05, 0) is 48.9 Å². The van der Waals surface area contributed by atoms with Crippen LogP contribution in [0.1, 0.15) is 96.3 Å². The number of carbonyl (C=O) groups excluding carboxylic acids is 1. The van der Waals surface area contributed by atoms with E-state index in [9.17, 15) is 9.18 Å². The van der Waals surface area contributed by atoms with Crippen molar-refractivity contribution in [3.8, 4) is 0 Å². The van der Waals surface area contributed by atoms with Crippen molar-refractivity contribution in [1.29, 1.82) is 0 Å². The smallest absolute Gasteiger partial charge is 0.327 e. The highest BCUT2D eigenvalue weighted by Gasteiger charge is 2.30. The lowest BCUT2D eigenvalue weighted by Gasteiger charge is -2.21. The number of nitrogens with two attached hydrogens (primary N) is 1.